The Morgan fingerprint density at radius 2 is 1.92 bits per heavy atom. The molecule has 0 aromatic rings. The number of rotatable bonds is 11. The molecule has 0 saturated heterocycles. The zero-order valence-electron chi connectivity index (χ0n) is 15.5. The summed E-state index contributed by atoms with van der Waals surface area (Å²) in [5.41, 5.74) is 0. The van der Waals surface area contributed by atoms with Gasteiger partial charge in [0.05, 0.1) is 12.5 Å². The van der Waals surface area contributed by atoms with Crippen molar-refractivity contribution in [2.75, 3.05) is 26.9 Å². The van der Waals surface area contributed by atoms with E-state index in [1.807, 2.05) is 27.0 Å². The van der Waals surface area contributed by atoms with Gasteiger partial charge < -0.3 is 10.2 Å². The van der Waals surface area contributed by atoms with E-state index in [4.69, 9.17) is 0 Å². The van der Waals surface area contributed by atoms with Gasteiger partial charge in [0.2, 0.25) is 18.2 Å². The number of nitrogens with one attached hydrogen (secondary N) is 1. The van der Waals surface area contributed by atoms with Gasteiger partial charge in [0.1, 0.15) is 6.04 Å². The molecule has 0 saturated carbocycles. The molecule has 2 atom stereocenters. The fourth-order valence-electron chi connectivity index (χ4n) is 2.19. The number of thioether (sulfide) groups is 1. The molecule has 0 heterocycles. The lowest BCUT2D eigenvalue weighted by atomic mass is 9.97. The van der Waals surface area contributed by atoms with Crippen molar-refractivity contribution in [2.24, 2.45) is 5.92 Å². The standard InChI is InChI=1S/C16H31N3O4S/c1-7-8-9-12(10-19(23)11-20)14(21)17-13(15(22)18(4)5)16(2,3)24-6/h11-13,23H,7-10H2,1-6H3,(H,17,21)/t12?,13-/m1/s1. The molecular weight excluding hydrogens is 330 g/mol. The third-order valence-corrected chi connectivity index (χ3v) is 5.29. The summed E-state index contributed by atoms with van der Waals surface area (Å²) in [5, 5.41) is 12.7. The maximum Gasteiger partial charge on any atom is 0.246 e. The van der Waals surface area contributed by atoms with Crippen LogP contribution in [-0.2, 0) is 14.4 Å². The number of nitrogens with zero attached hydrogens (tertiary/aromatic N) is 2. The van der Waals surface area contributed by atoms with Crippen molar-refractivity contribution in [1.29, 1.82) is 0 Å². The van der Waals surface area contributed by atoms with E-state index < -0.39 is 16.7 Å². The smallest absolute Gasteiger partial charge is 0.246 e. The molecular formula is C16H31N3O4S. The first kappa shape index (κ1) is 22.7. The lowest BCUT2D eigenvalue weighted by Crippen LogP contribution is -2.57. The third kappa shape index (κ3) is 7.09. The molecule has 8 heteroatoms. The van der Waals surface area contributed by atoms with Crippen LogP contribution in [0.3, 0.4) is 0 Å². The average molecular weight is 362 g/mol. The number of unbranched alkanes of at least 4 members (excludes halogenated alkanes) is 1. The summed E-state index contributed by atoms with van der Waals surface area (Å²) < 4.78 is -0.490. The molecule has 0 rings (SSSR count). The van der Waals surface area contributed by atoms with E-state index in [2.05, 4.69) is 5.32 Å². The highest BCUT2D eigenvalue weighted by atomic mass is 32.2. The first-order valence-corrected chi connectivity index (χ1v) is 9.30. The number of hydrogen-bond acceptors (Lipinski definition) is 5. The van der Waals surface area contributed by atoms with Gasteiger partial charge in [0, 0.05) is 18.8 Å². The first-order chi connectivity index (χ1) is 11.1. The Morgan fingerprint density at radius 1 is 1.33 bits per heavy atom. The van der Waals surface area contributed by atoms with Crippen LogP contribution in [0.1, 0.15) is 40.0 Å². The Hall–Kier alpha value is -1.28. The minimum Gasteiger partial charge on any atom is -0.347 e. The van der Waals surface area contributed by atoms with Crippen LogP contribution in [0.25, 0.3) is 0 Å². The SMILES string of the molecule is CCCCC(CN(O)C=O)C(=O)N[C@H](C(=O)N(C)C)C(C)(C)SC. The van der Waals surface area contributed by atoms with E-state index in [1.165, 1.54) is 16.7 Å². The largest absolute Gasteiger partial charge is 0.347 e. The summed E-state index contributed by atoms with van der Waals surface area (Å²) in [6, 6.07) is -0.692. The summed E-state index contributed by atoms with van der Waals surface area (Å²) in [6.07, 6.45) is 4.39. The number of carbonyl (C=O) groups is 3. The highest BCUT2D eigenvalue weighted by Crippen LogP contribution is 2.27. The molecule has 0 aliphatic rings. The Balaban J connectivity index is 5.28. The minimum atomic E-state index is -0.692. The fourth-order valence-corrected chi connectivity index (χ4v) is 2.59. The van der Waals surface area contributed by atoms with Crippen molar-refractivity contribution in [3.05, 3.63) is 0 Å². The van der Waals surface area contributed by atoms with Gasteiger partial charge in [-0.2, -0.15) is 11.8 Å². The number of amides is 3. The zero-order valence-corrected chi connectivity index (χ0v) is 16.4. The molecule has 0 aliphatic carbocycles. The number of likely N-dealkylation sites (N-methyl/N-ethyl adjacent to an activating group) is 1. The molecule has 0 spiro atoms. The first-order valence-electron chi connectivity index (χ1n) is 8.08. The van der Waals surface area contributed by atoms with Crippen LogP contribution < -0.4 is 5.32 Å². The van der Waals surface area contributed by atoms with Crippen LogP contribution in [0.15, 0.2) is 0 Å². The van der Waals surface area contributed by atoms with Crippen molar-refractivity contribution in [1.82, 2.24) is 15.3 Å². The Labute approximate surface area is 149 Å². The Kier molecular flexibility index (Phi) is 9.99. The van der Waals surface area contributed by atoms with Gasteiger partial charge in [-0.1, -0.05) is 19.8 Å². The molecule has 0 aliphatic heterocycles. The predicted molar refractivity (Wildman–Crippen MR) is 95.8 cm³/mol. The summed E-state index contributed by atoms with van der Waals surface area (Å²) in [6.45, 7) is 5.71. The number of carbonyl (C=O) groups excluding carboxylic acids is 3. The molecule has 0 radical (unpaired) electrons. The summed E-state index contributed by atoms with van der Waals surface area (Å²) in [7, 11) is 3.29. The Bertz CT molecular complexity index is 430. The molecule has 1 unspecified atom stereocenters. The van der Waals surface area contributed by atoms with Crippen LogP contribution in [0.2, 0.25) is 0 Å². The Morgan fingerprint density at radius 3 is 2.33 bits per heavy atom. The van der Waals surface area contributed by atoms with E-state index in [0.29, 0.717) is 11.5 Å². The summed E-state index contributed by atoms with van der Waals surface area (Å²) in [4.78, 5) is 37.2. The predicted octanol–water partition coefficient (Wildman–Crippen LogP) is 1.36. The topological polar surface area (TPSA) is 90.0 Å². The van der Waals surface area contributed by atoms with E-state index >= 15 is 0 Å². The van der Waals surface area contributed by atoms with E-state index in [1.54, 1.807) is 14.1 Å². The van der Waals surface area contributed by atoms with Gasteiger partial charge >= 0.3 is 0 Å². The van der Waals surface area contributed by atoms with Gasteiger partial charge in [-0.15, -0.1) is 0 Å². The number of hydroxylamine groups is 2. The van der Waals surface area contributed by atoms with Crippen LogP contribution in [0, 0.1) is 5.92 Å². The van der Waals surface area contributed by atoms with Crippen molar-refractivity contribution in [3.63, 3.8) is 0 Å². The van der Waals surface area contributed by atoms with Crippen LogP contribution >= 0.6 is 11.8 Å². The maximum absolute atomic E-state index is 12.7. The van der Waals surface area contributed by atoms with Crippen molar-refractivity contribution in [3.8, 4) is 0 Å². The quantitative estimate of drug-likeness (QED) is 0.329. The van der Waals surface area contributed by atoms with E-state index in [9.17, 15) is 19.6 Å². The number of hydrogen-bond donors (Lipinski definition) is 2. The average Bonchev–Trinajstić information content (AvgIpc) is 2.54. The van der Waals surface area contributed by atoms with E-state index in [-0.39, 0.29) is 24.8 Å². The second kappa shape index (κ2) is 10.6. The van der Waals surface area contributed by atoms with E-state index in [0.717, 1.165) is 12.8 Å². The molecule has 0 fully saturated rings. The fraction of sp³-hybridized carbons (Fsp3) is 0.812. The summed E-state index contributed by atoms with van der Waals surface area (Å²) >= 11 is 1.49. The maximum atomic E-state index is 12.7. The molecule has 24 heavy (non-hydrogen) atoms. The molecule has 0 aromatic heterocycles. The highest BCUT2D eigenvalue weighted by Gasteiger charge is 2.38. The lowest BCUT2D eigenvalue weighted by Gasteiger charge is -2.35. The second-order valence-electron chi connectivity index (χ2n) is 6.55. The van der Waals surface area contributed by atoms with Crippen LogP contribution in [0.5, 0.6) is 0 Å². The minimum absolute atomic E-state index is 0.0854. The summed E-state index contributed by atoms with van der Waals surface area (Å²) in [5.74, 6) is -1.07. The van der Waals surface area contributed by atoms with Gasteiger partial charge in [-0.3, -0.25) is 19.6 Å². The zero-order chi connectivity index (χ0) is 18.9. The molecule has 0 aromatic carbocycles. The van der Waals surface area contributed by atoms with Crippen molar-refractivity contribution in [2.45, 2.75) is 50.8 Å². The normalized spacial score (nSPS) is 13.8. The molecule has 7 nitrogen and oxygen atoms in total. The van der Waals surface area contributed by atoms with Crippen molar-refractivity contribution >= 4 is 30.0 Å². The molecule has 140 valence electrons. The van der Waals surface area contributed by atoms with Crippen LogP contribution in [-0.4, -0.2) is 71.1 Å². The van der Waals surface area contributed by atoms with Crippen LogP contribution in [0.4, 0.5) is 0 Å². The molecule has 3 amide bonds. The third-order valence-electron chi connectivity index (χ3n) is 4.00. The van der Waals surface area contributed by atoms with Gasteiger partial charge in [0.25, 0.3) is 0 Å². The van der Waals surface area contributed by atoms with Crippen molar-refractivity contribution < 1.29 is 19.6 Å². The lowest BCUT2D eigenvalue weighted by molar-refractivity contribution is -0.155. The second-order valence-corrected chi connectivity index (χ2v) is 8.01. The monoisotopic (exact) mass is 361 g/mol. The van der Waals surface area contributed by atoms with Gasteiger partial charge in [-0.05, 0) is 26.5 Å². The molecule has 0 bridgehead atoms. The van der Waals surface area contributed by atoms with Gasteiger partial charge in [-0.25, -0.2) is 5.06 Å². The molecule has 2 N–H and O–H groups in total. The van der Waals surface area contributed by atoms with Gasteiger partial charge in [0.15, 0.2) is 0 Å². The highest BCUT2D eigenvalue weighted by molar-refractivity contribution is 8.00.